The molecule has 0 saturated carbocycles. The van der Waals surface area contributed by atoms with Crippen LogP contribution in [-0.2, 0) is 6.42 Å². The van der Waals surface area contributed by atoms with E-state index < -0.39 is 6.10 Å². The number of nitrogens with zero attached hydrogens (tertiary/aromatic N) is 1. The molecule has 24 heavy (non-hydrogen) atoms. The summed E-state index contributed by atoms with van der Waals surface area (Å²) in [5.74, 6) is 0. The summed E-state index contributed by atoms with van der Waals surface area (Å²) in [6, 6.07) is 14.6. The van der Waals surface area contributed by atoms with Crippen LogP contribution in [0.5, 0.6) is 0 Å². The maximum absolute atomic E-state index is 10.3. The first kappa shape index (κ1) is 18.3. The number of rotatable bonds is 5. The van der Waals surface area contributed by atoms with Gasteiger partial charge in [0.1, 0.15) is 0 Å². The fourth-order valence-corrected chi connectivity index (χ4v) is 3.10. The zero-order chi connectivity index (χ0) is 17.9. The van der Waals surface area contributed by atoms with Crippen LogP contribution in [-0.4, -0.2) is 19.2 Å². The molecule has 0 aliphatic carbocycles. The average Bonchev–Trinajstić information content (AvgIpc) is 2.52. The Morgan fingerprint density at radius 1 is 1.12 bits per heavy atom. The van der Waals surface area contributed by atoms with Gasteiger partial charge in [0.05, 0.1) is 6.10 Å². The normalized spacial score (nSPS) is 12.8. The lowest BCUT2D eigenvalue weighted by molar-refractivity contribution is 0.229. The predicted octanol–water partition coefficient (Wildman–Crippen LogP) is 5.23. The molecule has 128 valence electrons. The molecule has 2 aromatic rings. The lowest BCUT2D eigenvalue weighted by Crippen LogP contribution is -2.17. The van der Waals surface area contributed by atoms with Gasteiger partial charge in [-0.05, 0) is 34.6 Å². The molecule has 0 aromatic heterocycles. The summed E-state index contributed by atoms with van der Waals surface area (Å²) in [5, 5.41) is 10.3. The standard InChI is InChI=1S/C22H29NO/c1-7-20(24)17-13-18(15-22(2,3)4)21(23(5)6)19(14-17)16-11-9-8-10-12-16/h7-14,20,24H,1,15H2,2-6H3. The van der Waals surface area contributed by atoms with Crippen LogP contribution in [0.1, 0.15) is 38.0 Å². The van der Waals surface area contributed by atoms with Gasteiger partial charge in [0, 0.05) is 25.3 Å². The van der Waals surface area contributed by atoms with Crippen molar-refractivity contribution >= 4 is 5.69 Å². The summed E-state index contributed by atoms with van der Waals surface area (Å²) < 4.78 is 0. The van der Waals surface area contributed by atoms with Gasteiger partial charge in [0.25, 0.3) is 0 Å². The first-order valence-electron chi connectivity index (χ1n) is 8.43. The van der Waals surface area contributed by atoms with Crippen LogP contribution in [0.3, 0.4) is 0 Å². The minimum atomic E-state index is -0.651. The Labute approximate surface area is 146 Å². The fourth-order valence-electron chi connectivity index (χ4n) is 3.10. The summed E-state index contributed by atoms with van der Waals surface area (Å²) in [6.45, 7) is 10.5. The third-order valence-corrected chi connectivity index (χ3v) is 4.03. The van der Waals surface area contributed by atoms with Crippen LogP contribution in [0.25, 0.3) is 11.1 Å². The molecule has 0 amide bonds. The second kappa shape index (κ2) is 7.23. The van der Waals surface area contributed by atoms with Crippen molar-refractivity contribution in [2.45, 2.75) is 33.3 Å². The molecule has 0 aliphatic heterocycles. The Morgan fingerprint density at radius 2 is 1.75 bits per heavy atom. The molecule has 0 spiro atoms. The molecule has 0 heterocycles. The quantitative estimate of drug-likeness (QED) is 0.762. The van der Waals surface area contributed by atoms with Gasteiger partial charge in [-0.2, -0.15) is 0 Å². The molecule has 2 heteroatoms. The smallest absolute Gasteiger partial charge is 0.0969 e. The second-order valence-electron chi connectivity index (χ2n) is 7.75. The van der Waals surface area contributed by atoms with Crippen LogP contribution < -0.4 is 4.90 Å². The zero-order valence-electron chi connectivity index (χ0n) is 15.5. The van der Waals surface area contributed by atoms with Crippen molar-refractivity contribution in [3.63, 3.8) is 0 Å². The average molecular weight is 323 g/mol. The number of aliphatic hydroxyl groups is 1. The third kappa shape index (κ3) is 4.27. The molecule has 1 unspecified atom stereocenters. The Morgan fingerprint density at radius 3 is 2.25 bits per heavy atom. The van der Waals surface area contributed by atoms with Crippen LogP contribution in [0, 0.1) is 5.41 Å². The number of anilines is 1. The third-order valence-electron chi connectivity index (χ3n) is 4.03. The Hall–Kier alpha value is -2.06. The van der Waals surface area contributed by atoms with Crippen LogP contribution >= 0.6 is 0 Å². The van der Waals surface area contributed by atoms with Crippen LogP contribution in [0.15, 0.2) is 55.1 Å². The van der Waals surface area contributed by atoms with Crippen molar-refractivity contribution in [1.82, 2.24) is 0 Å². The van der Waals surface area contributed by atoms with Crippen molar-refractivity contribution in [3.8, 4) is 11.1 Å². The molecule has 0 radical (unpaired) electrons. The SMILES string of the molecule is C=CC(O)c1cc(CC(C)(C)C)c(N(C)C)c(-c2ccccc2)c1. The van der Waals surface area contributed by atoms with Gasteiger partial charge in [-0.3, -0.25) is 0 Å². The van der Waals surface area contributed by atoms with E-state index in [2.05, 4.69) is 82.7 Å². The Balaban J connectivity index is 2.74. The minimum absolute atomic E-state index is 0.163. The molecule has 2 rings (SSSR count). The molecule has 1 N–H and O–H groups in total. The lowest BCUT2D eigenvalue weighted by atomic mass is 9.84. The minimum Gasteiger partial charge on any atom is -0.384 e. The molecule has 0 saturated heterocycles. The van der Waals surface area contributed by atoms with Gasteiger partial charge in [-0.1, -0.05) is 63.2 Å². The van der Waals surface area contributed by atoms with Crippen molar-refractivity contribution in [3.05, 3.63) is 66.2 Å². The molecule has 2 aromatic carbocycles. The summed E-state index contributed by atoms with van der Waals surface area (Å²) >= 11 is 0. The van der Waals surface area contributed by atoms with Crippen LogP contribution in [0.2, 0.25) is 0 Å². The molecule has 2 nitrogen and oxygen atoms in total. The zero-order valence-corrected chi connectivity index (χ0v) is 15.5. The van der Waals surface area contributed by atoms with Crippen LogP contribution in [0.4, 0.5) is 5.69 Å². The van der Waals surface area contributed by atoms with Crippen molar-refractivity contribution in [2.24, 2.45) is 5.41 Å². The number of hydrogen-bond acceptors (Lipinski definition) is 2. The van der Waals surface area contributed by atoms with Gasteiger partial charge < -0.3 is 10.0 Å². The summed E-state index contributed by atoms with van der Waals surface area (Å²) in [4.78, 5) is 2.17. The highest BCUT2D eigenvalue weighted by molar-refractivity contribution is 5.82. The van der Waals surface area contributed by atoms with E-state index in [1.54, 1.807) is 6.08 Å². The monoisotopic (exact) mass is 323 g/mol. The molecule has 0 fully saturated rings. The predicted molar refractivity (Wildman–Crippen MR) is 105 cm³/mol. The molecular weight excluding hydrogens is 294 g/mol. The van der Waals surface area contributed by atoms with E-state index in [1.807, 2.05) is 6.07 Å². The number of hydrogen-bond donors (Lipinski definition) is 1. The lowest BCUT2D eigenvalue weighted by Gasteiger charge is -2.28. The summed E-state index contributed by atoms with van der Waals surface area (Å²) in [5.41, 5.74) is 5.85. The summed E-state index contributed by atoms with van der Waals surface area (Å²) in [6.07, 6.45) is 1.88. The van der Waals surface area contributed by atoms with Gasteiger partial charge in [-0.25, -0.2) is 0 Å². The number of benzene rings is 2. The molecule has 1 atom stereocenters. The molecule has 0 bridgehead atoms. The van der Waals surface area contributed by atoms with Crippen molar-refractivity contribution in [2.75, 3.05) is 19.0 Å². The highest BCUT2D eigenvalue weighted by atomic mass is 16.3. The van der Waals surface area contributed by atoms with E-state index in [9.17, 15) is 5.11 Å². The van der Waals surface area contributed by atoms with E-state index in [-0.39, 0.29) is 5.41 Å². The van der Waals surface area contributed by atoms with E-state index in [0.29, 0.717) is 0 Å². The Bertz CT molecular complexity index is 696. The van der Waals surface area contributed by atoms with Gasteiger partial charge in [-0.15, -0.1) is 6.58 Å². The van der Waals surface area contributed by atoms with E-state index in [1.165, 1.54) is 11.3 Å². The van der Waals surface area contributed by atoms with Crippen molar-refractivity contribution < 1.29 is 5.11 Å². The van der Waals surface area contributed by atoms with Gasteiger partial charge in [0.2, 0.25) is 0 Å². The largest absolute Gasteiger partial charge is 0.384 e. The topological polar surface area (TPSA) is 23.5 Å². The maximum atomic E-state index is 10.3. The number of aliphatic hydroxyl groups excluding tert-OH is 1. The van der Waals surface area contributed by atoms with E-state index in [0.717, 1.165) is 23.1 Å². The van der Waals surface area contributed by atoms with E-state index >= 15 is 0 Å². The molecule has 0 aliphatic rings. The first-order chi connectivity index (χ1) is 11.2. The van der Waals surface area contributed by atoms with E-state index in [4.69, 9.17) is 0 Å². The maximum Gasteiger partial charge on any atom is 0.0969 e. The van der Waals surface area contributed by atoms with Gasteiger partial charge in [0.15, 0.2) is 0 Å². The van der Waals surface area contributed by atoms with Crippen molar-refractivity contribution in [1.29, 1.82) is 0 Å². The Kier molecular flexibility index (Phi) is 5.51. The van der Waals surface area contributed by atoms with Gasteiger partial charge >= 0.3 is 0 Å². The highest BCUT2D eigenvalue weighted by Gasteiger charge is 2.20. The fraction of sp³-hybridized carbons (Fsp3) is 0.364. The summed E-state index contributed by atoms with van der Waals surface area (Å²) in [7, 11) is 4.16. The highest BCUT2D eigenvalue weighted by Crippen LogP contribution is 2.38. The second-order valence-corrected chi connectivity index (χ2v) is 7.75. The molecular formula is C22H29NO. The first-order valence-corrected chi connectivity index (χ1v) is 8.43.